The molecule has 0 saturated carbocycles. The Labute approximate surface area is 148 Å². The Morgan fingerprint density at radius 3 is 2.23 bits per heavy atom. The van der Waals surface area contributed by atoms with Crippen molar-refractivity contribution in [2.24, 2.45) is 0 Å². The largest absolute Gasteiger partial charge is 0.497 e. The summed E-state index contributed by atoms with van der Waals surface area (Å²) in [4.78, 5) is 12.2. The molecule has 0 heterocycles. The van der Waals surface area contributed by atoms with Crippen molar-refractivity contribution in [3.8, 4) is 17.2 Å². The van der Waals surface area contributed by atoms with Crippen LogP contribution >= 0.6 is 0 Å². The number of carbonyl (C=O) groups excluding carboxylic acids is 1. The van der Waals surface area contributed by atoms with Gasteiger partial charge in [-0.25, -0.2) is 0 Å². The summed E-state index contributed by atoms with van der Waals surface area (Å²) in [7, 11) is 2.94. The third-order valence-corrected chi connectivity index (χ3v) is 3.43. The number of benzene rings is 2. The Bertz CT molecular complexity index is 740. The van der Waals surface area contributed by atoms with E-state index in [4.69, 9.17) is 14.2 Å². The van der Waals surface area contributed by atoms with Gasteiger partial charge in [-0.1, -0.05) is 6.07 Å². The maximum absolute atomic E-state index is 12.6. The molecule has 0 aliphatic carbocycles. The first-order chi connectivity index (χ1) is 12.3. The van der Waals surface area contributed by atoms with Gasteiger partial charge in [-0.3, -0.25) is 4.79 Å². The number of carbonyl (C=O) groups is 1. The van der Waals surface area contributed by atoms with Gasteiger partial charge in [0, 0.05) is 11.6 Å². The third kappa shape index (κ3) is 5.30. The minimum Gasteiger partial charge on any atom is -0.497 e. The average Bonchev–Trinajstić information content (AvgIpc) is 2.64. The first-order valence-electron chi connectivity index (χ1n) is 7.65. The molecule has 0 aliphatic heterocycles. The van der Waals surface area contributed by atoms with Crippen LogP contribution in [0.4, 0.5) is 13.2 Å². The van der Waals surface area contributed by atoms with E-state index in [-0.39, 0.29) is 24.8 Å². The van der Waals surface area contributed by atoms with Gasteiger partial charge in [0.05, 0.1) is 26.3 Å². The first-order valence-corrected chi connectivity index (χ1v) is 7.65. The SMILES string of the molecule is COc1cc(OC)cc(C(=O)NCCOc2cccc(C(F)(F)F)c2)c1. The van der Waals surface area contributed by atoms with Crippen molar-refractivity contribution in [1.29, 1.82) is 0 Å². The molecule has 1 N–H and O–H groups in total. The number of methoxy groups -OCH3 is 2. The van der Waals surface area contributed by atoms with Gasteiger partial charge in [-0.15, -0.1) is 0 Å². The zero-order chi connectivity index (χ0) is 19.2. The molecule has 0 aromatic heterocycles. The Kier molecular flexibility index (Phi) is 6.32. The summed E-state index contributed by atoms with van der Waals surface area (Å²) in [5, 5.41) is 2.62. The molecule has 0 unspecified atom stereocenters. The van der Waals surface area contributed by atoms with Crippen LogP contribution in [0.5, 0.6) is 17.2 Å². The highest BCUT2D eigenvalue weighted by atomic mass is 19.4. The number of hydrogen-bond donors (Lipinski definition) is 1. The van der Waals surface area contributed by atoms with E-state index in [2.05, 4.69) is 5.32 Å². The van der Waals surface area contributed by atoms with Gasteiger partial charge in [0.25, 0.3) is 5.91 Å². The van der Waals surface area contributed by atoms with Crippen LogP contribution in [0.15, 0.2) is 42.5 Å². The minimum absolute atomic E-state index is 0.0220. The number of rotatable bonds is 7. The summed E-state index contributed by atoms with van der Waals surface area (Å²) in [6.45, 7) is 0.142. The molecular weight excluding hydrogens is 351 g/mol. The van der Waals surface area contributed by atoms with Gasteiger partial charge < -0.3 is 19.5 Å². The molecule has 0 radical (unpaired) electrons. The molecule has 0 spiro atoms. The van der Waals surface area contributed by atoms with E-state index in [1.807, 2.05) is 0 Å². The van der Waals surface area contributed by atoms with E-state index in [0.717, 1.165) is 12.1 Å². The Morgan fingerprint density at radius 1 is 1.00 bits per heavy atom. The molecule has 0 atom stereocenters. The fraction of sp³-hybridized carbons (Fsp3) is 0.278. The predicted octanol–water partition coefficient (Wildman–Crippen LogP) is 3.53. The number of alkyl halides is 3. The van der Waals surface area contributed by atoms with Crippen LogP contribution in [0.3, 0.4) is 0 Å². The topological polar surface area (TPSA) is 56.8 Å². The fourth-order valence-corrected chi connectivity index (χ4v) is 2.14. The van der Waals surface area contributed by atoms with Gasteiger partial charge >= 0.3 is 6.18 Å². The standard InChI is InChI=1S/C18H18F3NO4/c1-24-15-8-12(9-16(11-15)25-2)17(23)22-6-7-26-14-5-3-4-13(10-14)18(19,20)21/h3-5,8-11H,6-7H2,1-2H3,(H,22,23). The van der Waals surface area contributed by atoms with E-state index in [9.17, 15) is 18.0 Å². The van der Waals surface area contributed by atoms with Crippen LogP contribution in [0, 0.1) is 0 Å². The van der Waals surface area contributed by atoms with Crippen molar-refractivity contribution in [2.45, 2.75) is 6.18 Å². The number of nitrogens with one attached hydrogen (secondary N) is 1. The molecule has 140 valence electrons. The lowest BCUT2D eigenvalue weighted by molar-refractivity contribution is -0.137. The molecule has 2 aromatic rings. The van der Waals surface area contributed by atoms with Crippen LogP contribution in [0.25, 0.3) is 0 Å². The number of amides is 1. The van der Waals surface area contributed by atoms with E-state index < -0.39 is 11.7 Å². The van der Waals surface area contributed by atoms with E-state index >= 15 is 0 Å². The van der Waals surface area contributed by atoms with E-state index in [0.29, 0.717) is 17.1 Å². The van der Waals surface area contributed by atoms with Crippen molar-refractivity contribution in [3.63, 3.8) is 0 Å². The monoisotopic (exact) mass is 369 g/mol. The average molecular weight is 369 g/mol. The highest BCUT2D eigenvalue weighted by Gasteiger charge is 2.30. The molecule has 2 aromatic carbocycles. The van der Waals surface area contributed by atoms with Gasteiger partial charge in [-0.2, -0.15) is 13.2 Å². The second-order valence-corrected chi connectivity index (χ2v) is 5.23. The maximum atomic E-state index is 12.6. The smallest absolute Gasteiger partial charge is 0.416 e. The molecule has 26 heavy (non-hydrogen) atoms. The molecule has 5 nitrogen and oxygen atoms in total. The molecular formula is C18H18F3NO4. The predicted molar refractivity (Wildman–Crippen MR) is 88.8 cm³/mol. The number of halogens is 3. The molecule has 8 heteroatoms. The zero-order valence-electron chi connectivity index (χ0n) is 14.2. The summed E-state index contributed by atoms with van der Waals surface area (Å²) in [6.07, 6.45) is -4.43. The van der Waals surface area contributed by atoms with Gasteiger partial charge in [0.1, 0.15) is 23.9 Å². The first kappa shape index (κ1) is 19.4. The number of hydrogen-bond acceptors (Lipinski definition) is 4. The lowest BCUT2D eigenvalue weighted by Gasteiger charge is -2.11. The normalized spacial score (nSPS) is 11.0. The molecule has 0 saturated heterocycles. The summed E-state index contributed by atoms with van der Waals surface area (Å²) in [6, 6.07) is 9.29. The van der Waals surface area contributed by atoms with Gasteiger partial charge in [0.2, 0.25) is 0 Å². The van der Waals surface area contributed by atoms with Crippen LogP contribution in [-0.2, 0) is 6.18 Å². The Balaban J connectivity index is 1.89. The van der Waals surface area contributed by atoms with E-state index in [1.54, 1.807) is 18.2 Å². The van der Waals surface area contributed by atoms with Crippen molar-refractivity contribution < 1.29 is 32.2 Å². The third-order valence-electron chi connectivity index (χ3n) is 3.43. The van der Waals surface area contributed by atoms with Crippen LogP contribution in [-0.4, -0.2) is 33.3 Å². The summed E-state index contributed by atoms with van der Waals surface area (Å²) in [5.74, 6) is 0.636. The molecule has 0 bridgehead atoms. The summed E-state index contributed by atoms with van der Waals surface area (Å²) in [5.41, 5.74) is -0.456. The maximum Gasteiger partial charge on any atom is 0.416 e. The lowest BCUT2D eigenvalue weighted by atomic mass is 10.2. The number of ether oxygens (including phenoxy) is 3. The van der Waals surface area contributed by atoms with Gasteiger partial charge in [0.15, 0.2) is 0 Å². The summed E-state index contributed by atoms with van der Waals surface area (Å²) >= 11 is 0. The van der Waals surface area contributed by atoms with E-state index in [1.165, 1.54) is 26.4 Å². The summed E-state index contributed by atoms with van der Waals surface area (Å²) < 4.78 is 53.4. The minimum atomic E-state index is -4.43. The van der Waals surface area contributed by atoms with Crippen molar-refractivity contribution in [1.82, 2.24) is 5.32 Å². The van der Waals surface area contributed by atoms with Crippen molar-refractivity contribution >= 4 is 5.91 Å². The van der Waals surface area contributed by atoms with Crippen LogP contribution < -0.4 is 19.5 Å². The highest BCUT2D eigenvalue weighted by Crippen LogP contribution is 2.31. The van der Waals surface area contributed by atoms with Crippen molar-refractivity contribution in [2.75, 3.05) is 27.4 Å². The van der Waals surface area contributed by atoms with Crippen molar-refractivity contribution in [3.05, 3.63) is 53.6 Å². The lowest BCUT2D eigenvalue weighted by Crippen LogP contribution is -2.28. The molecule has 0 aliphatic rings. The van der Waals surface area contributed by atoms with Crippen LogP contribution in [0.1, 0.15) is 15.9 Å². The second kappa shape index (κ2) is 8.46. The molecule has 1 amide bonds. The quantitative estimate of drug-likeness (QED) is 0.759. The highest BCUT2D eigenvalue weighted by molar-refractivity contribution is 5.95. The molecule has 2 rings (SSSR count). The van der Waals surface area contributed by atoms with Crippen LogP contribution in [0.2, 0.25) is 0 Å². The second-order valence-electron chi connectivity index (χ2n) is 5.23. The zero-order valence-corrected chi connectivity index (χ0v) is 14.2. The Morgan fingerprint density at radius 2 is 1.65 bits per heavy atom. The van der Waals surface area contributed by atoms with Gasteiger partial charge in [-0.05, 0) is 30.3 Å². The fourth-order valence-electron chi connectivity index (χ4n) is 2.14. The Hall–Kier alpha value is -2.90. The molecule has 0 fully saturated rings.